The van der Waals surface area contributed by atoms with Crippen LogP contribution in [0.25, 0.3) is 0 Å². The number of aromatic nitrogens is 2. The molecule has 0 saturated carbocycles. The van der Waals surface area contributed by atoms with Gasteiger partial charge in [0.2, 0.25) is 0 Å². The summed E-state index contributed by atoms with van der Waals surface area (Å²) in [5.41, 5.74) is 2.40. The number of hydrogen-bond donors (Lipinski definition) is 1. The maximum atomic E-state index is 5.74. The molecule has 1 aromatic heterocycles. The molecule has 0 amide bonds. The Kier molecular flexibility index (Phi) is 5.12. The molecule has 3 nitrogen and oxygen atoms in total. The minimum Gasteiger partial charge on any atom is -0.307 e. The molecule has 1 unspecified atom stereocenters. The van der Waals surface area contributed by atoms with Gasteiger partial charge in [0.15, 0.2) is 0 Å². The number of nitrogens with zero attached hydrogens (tertiary/aromatic N) is 2. The van der Waals surface area contributed by atoms with Crippen LogP contribution in [0.3, 0.4) is 0 Å². The van der Waals surface area contributed by atoms with E-state index >= 15 is 0 Å². The van der Waals surface area contributed by atoms with Gasteiger partial charge >= 0.3 is 0 Å². The fraction of sp³-hybridized carbons (Fsp3) is 0.727. The molecule has 0 saturated heterocycles. The Morgan fingerprint density at radius 2 is 2.27 bits per heavy atom. The molecule has 86 valence electrons. The van der Waals surface area contributed by atoms with Crippen LogP contribution in [-0.2, 0) is 19.5 Å². The standard InChI is InChI=1S/C11H20ClN3/c1-4-10-6-11(15(5-2)14-10)8-13-9(3)7-12/h6,9,13H,4-5,7-8H2,1-3H3. The average molecular weight is 230 g/mol. The molecule has 1 aromatic rings. The number of alkyl halides is 1. The number of rotatable bonds is 6. The lowest BCUT2D eigenvalue weighted by Crippen LogP contribution is -2.27. The van der Waals surface area contributed by atoms with Crippen molar-refractivity contribution in [3.63, 3.8) is 0 Å². The van der Waals surface area contributed by atoms with Crippen LogP contribution in [0, 0.1) is 0 Å². The summed E-state index contributed by atoms with van der Waals surface area (Å²) >= 11 is 5.74. The normalized spacial score (nSPS) is 13.1. The molecule has 0 aliphatic carbocycles. The second kappa shape index (κ2) is 6.13. The molecule has 15 heavy (non-hydrogen) atoms. The molecule has 0 aromatic carbocycles. The topological polar surface area (TPSA) is 29.9 Å². The zero-order valence-electron chi connectivity index (χ0n) is 9.76. The molecule has 1 rings (SSSR count). The highest BCUT2D eigenvalue weighted by Gasteiger charge is 2.06. The summed E-state index contributed by atoms with van der Waals surface area (Å²) < 4.78 is 2.05. The van der Waals surface area contributed by atoms with E-state index in [0.29, 0.717) is 11.9 Å². The highest BCUT2D eigenvalue weighted by atomic mass is 35.5. The number of aryl methyl sites for hydroxylation is 2. The maximum Gasteiger partial charge on any atom is 0.0625 e. The van der Waals surface area contributed by atoms with Crippen molar-refractivity contribution in [2.24, 2.45) is 0 Å². The van der Waals surface area contributed by atoms with E-state index in [1.54, 1.807) is 0 Å². The van der Waals surface area contributed by atoms with Crippen molar-refractivity contribution in [3.05, 3.63) is 17.5 Å². The zero-order valence-corrected chi connectivity index (χ0v) is 10.5. The van der Waals surface area contributed by atoms with Gasteiger partial charge in [0.1, 0.15) is 0 Å². The van der Waals surface area contributed by atoms with Crippen molar-refractivity contribution in [3.8, 4) is 0 Å². The average Bonchev–Trinajstić information content (AvgIpc) is 2.68. The van der Waals surface area contributed by atoms with Gasteiger partial charge in [-0.1, -0.05) is 6.92 Å². The zero-order chi connectivity index (χ0) is 11.3. The second-order valence-electron chi connectivity index (χ2n) is 3.73. The lowest BCUT2D eigenvalue weighted by Gasteiger charge is -2.10. The molecule has 1 heterocycles. The van der Waals surface area contributed by atoms with Crippen LogP contribution in [0.1, 0.15) is 32.2 Å². The molecule has 4 heteroatoms. The van der Waals surface area contributed by atoms with E-state index < -0.39 is 0 Å². The largest absolute Gasteiger partial charge is 0.307 e. The lowest BCUT2D eigenvalue weighted by atomic mass is 10.3. The predicted octanol–water partition coefficient (Wildman–Crippen LogP) is 2.18. The maximum absolute atomic E-state index is 5.74. The van der Waals surface area contributed by atoms with Crippen molar-refractivity contribution in [1.29, 1.82) is 0 Å². The Balaban J connectivity index is 2.62. The predicted molar refractivity (Wildman–Crippen MR) is 64.3 cm³/mol. The van der Waals surface area contributed by atoms with Gasteiger partial charge in [0.25, 0.3) is 0 Å². The quantitative estimate of drug-likeness (QED) is 0.758. The first-order valence-electron chi connectivity index (χ1n) is 5.56. The van der Waals surface area contributed by atoms with Gasteiger partial charge in [-0.15, -0.1) is 11.6 Å². The first-order valence-corrected chi connectivity index (χ1v) is 6.09. The lowest BCUT2D eigenvalue weighted by molar-refractivity contribution is 0.541. The first-order chi connectivity index (χ1) is 7.21. The van der Waals surface area contributed by atoms with E-state index in [9.17, 15) is 0 Å². The van der Waals surface area contributed by atoms with Crippen LogP contribution in [0.4, 0.5) is 0 Å². The number of hydrogen-bond acceptors (Lipinski definition) is 2. The first kappa shape index (κ1) is 12.5. The molecule has 0 spiro atoms. The van der Waals surface area contributed by atoms with Gasteiger partial charge in [-0.05, 0) is 26.3 Å². The molecule has 0 radical (unpaired) electrons. The Labute approximate surface area is 96.8 Å². The van der Waals surface area contributed by atoms with E-state index in [2.05, 4.69) is 37.3 Å². The van der Waals surface area contributed by atoms with Gasteiger partial charge in [-0.2, -0.15) is 5.10 Å². The van der Waals surface area contributed by atoms with Crippen LogP contribution < -0.4 is 5.32 Å². The third kappa shape index (κ3) is 3.50. The highest BCUT2D eigenvalue weighted by molar-refractivity contribution is 6.18. The Hall–Kier alpha value is -0.540. The third-order valence-corrected chi connectivity index (χ3v) is 2.90. The Morgan fingerprint density at radius 3 is 2.80 bits per heavy atom. The van der Waals surface area contributed by atoms with Crippen LogP contribution in [-0.4, -0.2) is 21.7 Å². The van der Waals surface area contributed by atoms with Crippen molar-refractivity contribution in [2.75, 3.05) is 5.88 Å². The van der Waals surface area contributed by atoms with Crippen LogP contribution in [0.2, 0.25) is 0 Å². The Bertz CT molecular complexity index is 296. The number of nitrogens with one attached hydrogen (secondary N) is 1. The second-order valence-corrected chi connectivity index (χ2v) is 4.04. The SMILES string of the molecule is CCc1cc(CNC(C)CCl)n(CC)n1. The minimum atomic E-state index is 0.344. The monoisotopic (exact) mass is 229 g/mol. The summed E-state index contributed by atoms with van der Waals surface area (Å²) in [6.07, 6.45) is 0.991. The van der Waals surface area contributed by atoms with E-state index in [1.807, 2.05) is 4.68 Å². The van der Waals surface area contributed by atoms with E-state index in [4.69, 9.17) is 11.6 Å². The minimum absolute atomic E-state index is 0.344. The molecule has 0 aliphatic heterocycles. The molecule has 0 bridgehead atoms. The van der Waals surface area contributed by atoms with Crippen molar-refractivity contribution in [1.82, 2.24) is 15.1 Å². The summed E-state index contributed by atoms with van der Waals surface area (Å²) in [6.45, 7) is 8.09. The third-order valence-electron chi connectivity index (χ3n) is 2.44. The van der Waals surface area contributed by atoms with E-state index in [1.165, 1.54) is 5.69 Å². The van der Waals surface area contributed by atoms with Gasteiger partial charge in [-0.25, -0.2) is 0 Å². The van der Waals surface area contributed by atoms with Crippen LogP contribution >= 0.6 is 11.6 Å². The van der Waals surface area contributed by atoms with Crippen molar-refractivity contribution in [2.45, 2.75) is 46.3 Å². The summed E-state index contributed by atoms with van der Waals surface area (Å²) in [5, 5.41) is 7.86. The van der Waals surface area contributed by atoms with Gasteiger partial charge in [-0.3, -0.25) is 4.68 Å². The molecule has 1 atom stereocenters. The summed E-state index contributed by atoms with van der Waals surface area (Å²) in [5.74, 6) is 0.640. The molecule has 1 N–H and O–H groups in total. The smallest absolute Gasteiger partial charge is 0.0625 e. The van der Waals surface area contributed by atoms with Gasteiger partial charge < -0.3 is 5.32 Å². The van der Waals surface area contributed by atoms with E-state index in [-0.39, 0.29) is 0 Å². The Morgan fingerprint density at radius 1 is 1.53 bits per heavy atom. The highest BCUT2D eigenvalue weighted by Crippen LogP contribution is 2.05. The fourth-order valence-corrected chi connectivity index (χ4v) is 1.55. The van der Waals surface area contributed by atoms with Gasteiger partial charge in [0.05, 0.1) is 11.4 Å². The van der Waals surface area contributed by atoms with Crippen LogP contribution in [0.5, 0.6) is 0 Å². The molecular formula is C11H20ClN3. The van der Waals surface area contributed by atoms with Crippen LogP contribution in [0.15, 0.2) is 6.07 Å². The fourth-order valence-electron chi connectivity index (χ4n) is 1.44. The van der Waals surface area contributed by atoms with Crippen molar-refractivity contribution >= 4 is 11.6 Å². The molecule has 0 aliphatic rings. The summed E-state index contributed by atoms with van der Waals surface area (Å²) in [7, 11) is 0. The summed E-state index contributed by atoms with van der Waals surface area (Å²) in [4.78, 5) is 0. The van der Waals surface area contributed by atoms with Gasteiger partial charge in [0, 0.05) is 25.0 Å². The number of halogens is 1. The molecular weight excluding hydrogens is 210 g/mol. The summed E-state index contributed by atoms with van der Waals surface area (Å²) in [6, 6.07) is 2.51. The molecule has 0 fully saturated rings. The van der Waals surface area contributed by atoms with E-state index in [0.717, 1.165) is 25.2 Å². The van der Waals surface area contributed by atoms with Crippen molar-refractivity contribution < 1.29 is 0 Å².